The summed E-state index contributed by atoms with van der Waals surface area (Å²) in [6.45, 7) is 14.9. The van der Waals surface area contributed by atoms with Crippen molar-refractivity contribution in [2.75, 3.05) is 0 Å². The summed E-state index contributed by atoms with van der Waals surface area (Å²) in [4.78, 5) is 9.35. The van der Waals surface area contributed by atoms with Crippen molar-refractivity contribution in [2.24, 2.45) is 4.99 Å². The van der Waals surface area contributed by atoms with E-state index in [1.807, 2.05) is 37.3 Å². The summed E-state index contributed by atoms with van der Waals surface area (Å²) in [6, 6.07) is 14.2. The van der Waals surface area contributed by atoms with Crippen LogP contribution in [0.1, 0.15) is 63.9 Å². The number of rotatable bonds is 2. The van der Waals surface area contributed by atoms with Gasteiger partial charge >= 0.3 is 0 Å². The highest BCUT2D eigenvalue weighted by atomic mass is 16.3. The van der Waals surface area contributed by atoms with Gasteiger partial charge in [-0.15, -0.1) is 0 Å². The van der Waals surface area contributed by atoms with Crippen LogP contribution in [-0.2, 0) is 10.8 Å². The van der Waals surface area contributed by atoms with Gasteiger partial charge in [0.15, 0.2) is 0 Å². The minimum atomic E-state index is -0.161. The molecule has 0 saturated heterocycles. The van der Waals surface area contributed by atoms with Crippen LogP contribution in [0, 0.1) is 6.92 Å². The maximum absolute atomic E-state index is 10.9. The SMILES string of the molecule is Cc1ccc2cccc(N=Cc3cc(C(C)(C)C)cc(C(C)(C)C)c3O)c2n1. The van der Waals surface area contributed by atoms with E-state index in [4.69, 9.17) is 4.99 Å². The number of phenols is 1. The summed E-state index contributed by atoms with van der Waals surface area (Å²) >= 11 is 0. The van der Waals surface area contributed by atoms with Crippen molar-refractivity contribution in [3.8, 4) is 5.75 Å². The zero-order chi connectivity index (χ0) is 20.7. The highest BCUT2D eigenvalue weighted by Crippen LogP contribution is 2.37. The number of hydrogen-bond acceptors (Lipinski definition) is 3. The zero-order valence-electron chi connectivity index (χ0n) is 18.0. The molecule has 146 valence electrons. The molecule has 0 fully saturated rings. The fourth-order valence-corrected chi connectivity index (χ4v) is 3.23. The number of nitrogens with zero attached hydrogens (tertiary/aromatic N) is 2. The first kappa shape index (κ1) is 20.1. The highest BCUT2D eigenvalue weighted by molar-refractivity contribution is 5.93. The molecule has 0 aliphatic carbocycles. The zero-order valence-corrected chi connectivity index (χ0v) is 18.0. The molecule has 0 bridgehead atoms. The van der Waals surface area contributed by atoms with Gasteiger partial charge in [0.1, 0.15) is 5.75 Å². The van der Waals surface area contributed by atoms with Gasteiger partial charge in [-0.2, -0.15) is 0 Å². The van der Waals surface area contributed by atoms with Gasteiger partial charge in [-0.05, 0) is 41.5 Å². The largest absolute Gasteiger partial charge is 0.507 e. The van der Waals surface area contributed by atoms with Gasteiger partial charge in [-0.1, -0.05) is 65.8 Å². The molecule has 0 spiro atoms. The second-order valence-electron chi connectivity index (χ2n) is 9.52. The number of para-hydroxylation sites is 1. The molecular formula is C25H30N2O. The number of benzene rings is 2. The molecule has 1 aromatic heterocycles. The van der Waals surface area contributed by atoms with Crippen LogP contribution in [0.5, 0.6) is 5.75 Å². The van der Waals surface area contributed by atoms with Crippen LogP contribution < -0.4 is 0 Å². The van der Waals surface area contributed by atoms with Gasteiger partial charge in [-0.25, -0.2) is 0 Å². The summed E-state index contributed by atoms with van der Waals surface area (Å²) in [6.07, 6.45) is 1.76. The smallest absolute Gasteiger partial charge is 0.128 e. The number of hydrogen-bond donors (Lipinski definition) is 1. The maximum Gasteiger partial charge on any atom is 0.128 e. The van der Waals surface area contributed by atoms with Crippen LogP contribution in [0.2, 0.25) is 0 Å². The van der Waals surface area contributed by atoms with Gasteiger partial charge < -0.3 is 5.11 Å². The van der Waals surface area contributed by atoms with Crippen molar-refractivity contribution >= 4 is 22.8 Å². The fourth-order valence-electron chi connectivity index (χ4n) is 3.23. The minimum Gasteiger partial charge on any atom is -0.507 e. The highest BCUT2D eigenvalue weighted by Gasteiger charge is 2.24. The quantitative estimate of drug-likeness (QED) is 0.514. The van der Waals surface area contributed by atoms with Crippen LogP contribution in [0.3, 0.4) is 0 Å². The monoisotopic (exact) mass is 374 g/mol. The van der Waals surface area contributed by atoms with Crippen molar-refractivity contribution in [1.82, 2.24) is 4.98 Å². The van der Waals surface area contributed by atoms with Gasteiger partial charge in [0, 0.05) is 28.4 Å². The third-order valence-corrected chi connectivity index (χ3v) is 4.99. The number of aromatic hydroxyl groups is 1. The lowest BCUT2D eigenvalue weighted by molar-refractivity contribution is 0.444. The molecule has 1 N–H and O–H groups in total. The standard InChI is InChI=1S/C25H30N2O/c1-16-11-12-17-9-8-10-21(22(17)27-16)26-15-18-13-19(24(2,3)4)14-20(23(18)28)25(5,6)7/h8-15,28H,1-7H3. The molecule has 0 aliphatic rings. The van der Waals surface area contributed by atoms with E-state index in [-0.39, 0.29) is 10.8 Å². The Morgan fingerprint density at radius 1 is 0.929 bits per heavy atom. The Hall–Kier alpha value is -2.68. The summed E-state index contributed by atoms with van der Waals surface area (Å²) in [5.74, 6) is 0.300. The molecule has 0 amide bonds. The van der Waals surface area contributed by atoms with E-state index in [2.05, 4.69) is 58.7 Å². The molecule has 0 atom stereocenters. The number of aryl methyl sites for hydroxylation is 1. The normalized spacial score (nSPS) is 12.8. The summed E-state index contributed by atoms with van der Waals surface area (Å²) in [7, 11) is 0. The first-order valence-electron chi connectivity index (χ1n) is 9.75. The van der Waals surface area contributed by atoms with Gasteiger partial charge in [0.05, 0.1) is 11.2 Å². The van der Waals surface area contributed by atoms with Crippen molar-refractivity contribution in [1.29, 1.82) is 0 Å². The molecule has 0 radical (unpaired) electrons. The fraction of sp³-hybridized carbons (Fsp3) is 0.360. The van der Waals surface area contributed by atoms with E-state index in [1.165, 1.54) is 5.56 Å². The van der Waals surface area contributed by atoms with Crippen LogP contribution >= 0.6 is 0 Å². The molecule has 28 heavy (non-hydrogen) atoms. The van der Waals surface area contributed by atoms with Crippen LogP contribution in [0.25, 0.3) is 10.9 Å². The number of fused-ring (bicyclic) bond motifs is 1. The predicted molar refractivity (Wildman–Crippen MR) is 119 cm³/mol. The van der Waals surface area contributed by atoms with E-state index in [1.54, 1.807) is 6.21 Å². The van der Waals surface area contributed by atoms with Gasteiger partial charge in [0.2, 0.25) is 0 Å². The average molecular weight is 375 g/mol. The molecule has 0 saturated carbocycles. The Kier molecular flexibility index (Phi) is 5.05. The lowest BCUT2D eigenvalue weighted by atomic mass is 9.79. The third-order valence-electron chi connectivity index (χ3n) is 4.99. The van der Waals surface area contributed by atoms with Crippen molar-refractivity contribution in [3.05, 3.63) is 64.8 Å². The Bertz CT molecular complexity index is 1050. The Morgan fingerprint density at radius 2 is 1.64 bits per heavy atom. The number of aliphatic imine (C=N–C) groups is 1. The molecule has 3 heteroatoms. The lowest BCUT2D eigenvalue weighted by Gasteiger charge is -2.27. The molecular weight excluding hydrogens is 344 g/mol. The average Bonchev–Trinajstić information content (AvgIpc) is 2.58. The van der Waals surface area contributed by atoms with Gasteiger partial charge in [0.25, 0.3) is 0 Å². The first-order valence-corrected chi connectivity index (χ1v) is 9.75. The first-order chi connectivity index (χ1) is 13.0. The summed E-state index contributed by atoms with van der Waals surface area (Å²) < 4.78 is 0. The van der Waals surface area contributed by atoms with Crippen LogP contribution in [0.15, 0.2) is 47.5 Å². The topological polar surface area (TPSA) is 45.5 Å². The minimum absolute atomic E-state index is 0.0194. The van der Waals surface area contributed by atoms with Crippen LogP contribution in [0.4, 0.5) is 5.69 Å². The molecule has 0 aliphatic heterocycles. The Balaban J connectivity index is 2.16. The number of phenolic OH excluding ortho intramolecular Hbond substituents is 1. The molecule has 0 unspecified atom stereocenters. The number of aromatic nitrogens is 1. The van der Waals surface area contributed by atoms with E-state index in [0.717, 1.165) is 33.4 Å². The Labute approximate surface area is 168 Å². The van der Waals surface area contributed by atoms with Crippen molar-refractivity contribution < 1.29 is 5.11 Å². The van der Waals surface area contributed by atoms with E-state index in [9.17, 15) is 5.11 Å². The number of pyridine rings is 1. The molecule has 3 nitrogen and oxygen atoms in total. The summed E-state index contributed by atoms with van der Waals surface area (Å²) in [5.41, 5.74) is 5.32. The van der Waals surface area contributed by atoms with Crippen molar-refractivity contribution in [3.63, 3.8) is 0 Å². The Morgan fingerprint density at radius 3 is 2.29 bits per heavy atom. The van der Waals surface area contributed by atoms with Gasteiger partial charge in [-0.3, -0.25) is 9.98 Å². The molecule has 3 rings (SSSR count). The van der Waals surface area contributed by atoms with E-state index < -0.39 is 0 Å². The predicted octanol–water partition coefficient (Wildman–Crippen LogP) is 6.59. The molecule has 3 aromatic rings. The second-order valence-corrected chi connectivity index (χ2v) is 9.52. The van der Waals surface area contributed by atoms with Crippen molar-refractivity contribution in [2.45, 2.75) is 59.3 Å². The molecule has 2 aromatic carbocycles. The van der Waals surface area contributed by atoms with Crippen LogP contribution in [-0.4, -0.2) is 16.3 Å². The third kappa shape index (κ3) is 4.09. The van der Waals surface area contributed by atoms with E-state index >= 15 is 0 Å². The lowest BCUT2D eigenvalue weighted by Crippen LogP contribution is -2.17. The molecule has 1 heterocycles. The summed E-state index contributed by atoms with van der Waals surface area (Å²) in [5, 5.41) is 12.0. The van der Waals surface area contributed by atoms with E-state index in [0.29, 0.717) is 5.75 Å². The maximum atomic E-state index is 10.9. The second kappa shape index (κ2) is 7.05.